The van der Waals surface area contributed by atoms with E-state index in [1.807, 2.05) is 6.92 Å². The molecule has 1 aromatic rings. The van der Waals surface area contributed by atoms with Crippen LogP contribution in [0, 0.1) is 17.1 Å². The van der Waals surface area contributed by atoms with Gasteiger partial charge in [-0.15, -0.1) is 0 Å². The number of halogens is 2. The lowest BCUT2D eigenvalue weighted by atomic mass is 10.2. The minimum atomic E-state index is -0.282. The Bertz CT molecular complexity index is 387. The summed E-state index contributed by atoms with van der Waals surface area (Å²) >= 11 is 5.97. The lowest BCUT2D eigenvalue weighted by Gasteiger charge is -2.19. The van der Waals surface area contributed by atoms with Gasteiger partial charge in [0.1, 0.15) is 5.82 Å². The third-order valence-corrected chi connectivity index (χ3v) is 2.76. The van der Waals surface area contributed by atoms with Crippen molar-refractivity contribution in [1.82, 2.24) is 4.90 Å². The van der Waals surface area contributed by atoms with Crippen LogP contribution in [0.5, 0.6) is 0 Å². The minimum Gasteiger partial charge on any atom is -0.298 e. The topological polar surface area (TPSA) is 27.0 Å². The van der Waals surface area contributed by atoms with Crippen molar-refractivity contribution in [2.75, 3.05) is 13.1 Å². The zero-order valence-electron chi connectivity index (χ0n) is 9.21. The van der Waals surface area contributed by atoms with E-state index in [9.17, 15) is 4.39 Å². The van der Waals surface area contributed by atoms with Crippen molar-refractivity contribution in [3.05, 3.63) is 34.6 Å². The first-order valence-electron chi connectivity index (χ1n) is 5.20. The van der Waals surface area contributed by atoms with E-state index >= 15 is 0 Å². The Balaban J connectivity index is 2.70. The van der Waals surface area contributed by atoms with Crippen LogP contribution >= 0.6 is 11.6 Å². The van der Waals surface area contributed by atoms with Gasteiger partial charge in [-0.2, -0.15) is 5.26 Å². The number of hydrogen-bond acceptors (Lipinski definition) is 2. The van der Waals surface area contributed by atoms with E-state index in [0.717, 1.165) is 12.1 Å². The van der Waals surface area contributed by atoms with Gasteiger partial charge in [-0.3, -0.25) is 4.90 Å². The molecular formula is C12H14ClFN2. The van der Waals surface area contributed by atoms with Crippen LogP contribution in [0.25, 0.3) is 0 Å². The molecule has 1 rings (SSSR count). The smallest absolute Gasteiger partial charge is 0.123 e. The predicted octanol–water partition coefficient (Wildman–Crippen LogP) is 3.21. The monoisotopic (exact) mass is 240 g/mol. The highest BCUT2D eigenvalue weighted by Crippen LogP contribution is 2.18. The van der Waals surface area contributed by atoms with Crippen molar-refractivity contribution in [3.63, 3.8) is 0 Å². The van der Waals surface area contributed by atoms with Gasteiger partial charge in [-0.1, -0.05) is 18.5 Å². The Morgan fingerprint density at radius 3 is 2.88 bits per heavy atom. The Labute approximate surface area is 100 Å². The van der Waals surface area contributed by atoms with Crippen LogP contribution in [0.15, 0.2) is 18.2 Å². The normalized spacial score (nSPS) is 10.4. The maximum absolute atomic E-state index is 13.0. The first kappa shape index (κ1) is 13.0. The van der Waals surface area contributed by atoms with Crippen molar-refractivity contribution in [1.29, 1.82) is 5.26 Å². The van der Waals surface area contributed by atoms with E-state index in [1.54, 1.807) is 6.07 Å². The zero-order chi connectivity index (χ0) is 12.0. The van der Waals surface area contributed by atoms with E-state index in [0.29, 0.717) is 24.5 Å². The number of rotatable bonds is 5. The summed E-state index contributed by atoms with van der Waals surface area (Å²) in [4.78, 5) is 2.06. The maximum atomic E-state index is 13.0. The molecule has 86 valence electrons. The molecule has 0 bridgehead atoms. The zero-order valence-corrected chi connectivity index (χ0v) is 9.97. The number of nitrogens with zero attached hydrogens (tertiary/aromatic N) is 2. The molecule has 0 aliphatic carbocycles. The van der Waals surface area contributed by atoms with Gasteiger partial charge in [0.25, 0.3) is 0 Å². The lowest BCUT2D eigenvalue weighted by Crippen LogP contribution is -2.24. The molecule has 0 atom stereocenters. The molecule has 1 aromatic carbocycles. The van der Waals surface area contributed by atoms with Gasteiger partial charge >= 0.3 is 0 Å². The number of nitriles is 1. The second-order valence-corrected chi connectivity index (χ2v) is 3.92. The second-order valence-electron chi connectivity index (χ2n) is 3.51. The summed E-state index contributed by atoms with van der Waals surface area (Å²) in [5.74, 6) is -0.282. The van der Waals surface area contributed by atoms with E-state index in [1.165, 1.54) is 12.1 Å². The van der Waals surface area contributed by atoms with Gasteiger partial charge in [0.2, 0.25) is 0 Å². The quantitative estimate of drug-likeness (QED) is 0.790. The highest BCUT2D eigenvalue weighted by Gasteiger charge is 2.07. The summed E-state index contributed by atoms with van der Waals surface area (Å²) in [6.07, 6.45) is 0.473. The fraction of sp³-hybridized carbons (Fsp3) is 0.417. The maximum Gasteiger partial charge on any atom is 0.123 e. The summed E-state index contributed by atoms with van der Waals surface area (Å²) in [6.45, 7) is 4.08. The second kappa shape index (κ2) is 6.47. The summed E-state index contributed by atoms with van der Waals surface area (Å²) in [6, 6.07) is 6.44. The van der Waals surface area contributed by atoms with Gasteiger partial charge < -0.3 is 0 Å². The lowest BCUT2D eigenvalue weighted by molar-refractivity contribution is 0.286. The third kappa shape index (κ3) is 3.80. The Kier molecular flexibility index (Phi) is 5.24. The molecular weight excluding hydrogens is 227 g/mol. The van der Waals surface area contributed by atoms with Gasteiger partial charge in [-0.05, 0) is 30.3 Å². The summed E-state index contributed by atoms with van der Waals surface area (Å²) in [7, 11) is 0. The Morgan fingerprint density at radius 1 is 1.50 bits per heavy atom. The van der Waals surface area contributed by atoms with Gasteiger partial charge in [-0.25, -0.2) is 4.39 Å². The van der Waals surface area contributed by atoms with Crippen molar-refractivity contribution >= 4 is 11.6 Å². The van der Waals surface area contributed by atoms with Crippen LogP contribution in [0.3, 0.4) is 0 Å². The first-order chi connectivity index (χ1) is 7.67. The molecule has 0 saturated heterocycles. The van der Waals surface area contributed by atoms with Gasteiger partial charge in [0, 0.05) is 24.5 Å². The molecule has 16 heavy (non-hydrogen) atoms. The average Bonchev–Trinajstić information content (AvgIpc) is 2.28. The SMILES string of the molecule is CCN(CCC#N)Cc1cc(F)ccc1Cl. The molecule has 0 saturated carbocycles. The van der Waals surface area contributed by atoms with Crippen LogP contribution in [0.2, 0.25) is 5.02 Å². The largest absolute Gasteiger partial charge is 0.298 e. The van der Waals surface area contributed by atoms with Crippen molar-refractivity contribution in [3.8, 4) is 6.07 Å². The number of hydrogen-bond donors (Lipinski definition) is 0. The van der Waals surface area contributed by atoms with Crippen LogP contribution in [-0.2, 0) is 6.54 Å². The third-order valence-electron chi connectivity index (χ3n) is 2.39. The molecule has 0 aliphatic heterocycles. The summed E-state index contributed by atoms with van der Waals surface area (Å²) in [5.41, 5.74) is 0.765. The molecule has 0 spiro atoms. The highest BCUT2D eigenvalue weighted by molar-refractivity contribution is 6.31. The van der Waals surface area contributed by atoms with Gasteiger partial charge in [0.05, 0.1) is 6.07 Å². The fourth-order valence-electron chi connectivity index (χ4n) is 1.46. The van der Waals surface area contributed by atoms with E-state index in [2.05, 4.69) is 11.0 Å². The van der Waals surface area contributed by atoms with Crippen molar-refractivity contribution in [2.45, 2.75) is 19.9 Å². The summed E-state index contributed by atoms with van der Waals surface area (Å²) in [5, 5.41) is 9.08. The van der Waals surface area contributed by atoms with E-state index in [4.69, 9.17) is 16.9 Å². The molecule has 0 amide bonds. The molecule has 2 nitrogen and oxygen atoms in total. The number of benzene rings is 1. The summed E-state index contributed by atoms with van der Waals surface area (Å²) < 4.78 is 13.0. The minimum absolute atomic E-state index is 0.282. The van der Waals surface area contributed by atoms with E-state index in [-0.39, 0.29) is 5.82 Å². The highest BCUT2D eigenvalue weighted by atomic mass is 35.5. The Hall–Kier alpha value is -1.11. The van der Waals surface area contributed by atoms with Crippen LogP contribution in [-0.4, -0.2) is 18.0 Å². The molecule has 4 heteroatoms. The fourth-order valence-corrected chi connectivity index (χ4v) is 1.64. The Morgan fingerprint density at radius 2 is 2.25 bits per heavy atom. The van der Waals surface area contributed by atoms with Crippen LogP contribution in [0.4, 0.5) is 4.39 Å². The molecule has 0 aliphatic rings. The molecule has 0 N–H and O–H groups in total. The van der Waals surface area contributed by atoms with Crippen LogP contribution < -0.4 is 0 Å². The molecule has 0 unspecified atom stereocenters. The van der Waals surface area contributed by atoms with Crippen molar-refractivity contribution < 1.29 is 4.39 Å². The van der Waals surface area contributed by atoms with Crippen molar-refractivity contribution in [2.24, 2.45) is 0 Å². The van der Waals surface area contributed by atoms with Gasteiger partial charge in [0.15, 0.2) is 0 Å². The predicted molar refractivity (Wildman–Crippen MR) is 62.6 cm³/mol. The molecule has 0 fully saturated rings. The average molecular weight is 241 g/mol. The van der Waals surface area contributed by atoms with E-state index < -0.39 is 0 Å². The molecule has 0 aromatic heterocycles. The molecule has 0 radical (unpaired) electrons. The standard InChI is InChI=1S/C12H14ClFN2/c1-2-16(7-3-6-15)9-10-8-11(14)4-5-12(10)13/h4-5,8H,2-3,7,9H2,1H3. The molecule has 0 heterocycles. The van der Waals surface area contributed by atoms with Crippen LogP contribution in [0.1, 0.15) is 18.9 Å². The first-order valence-corrected chi connectivity index (χ1v) is 5.58.